The van der Waals surface area contributed by atoms with Gasteiger partial charge in [-0.2, -0.15) is 5.26 Å². The molecule has 1 heterocycles. The molecule has 2 N–H and O–H groups in total. The van der Waals surface area contributed by atoms with Crippen LogP contribution in [0.3, 0.4) is 0 Å². The molecule has 1 aromatic carbocycles. The van der Waals surface area contributed by atoms with Crippen LogP contribution in [0.25, 0.3) is 5.32 Å². The summed E-state index contributed by atoms with van der Waals surface area (Å²) in [5.41, 5.74) is 1.89. The van der Waals surface area contributed by atoms with E-state index in [4.69, 9.17) is 5.11 Å². The van der Waals surface area contributed by atoms with Crippen LogP contribution in [-0.4, -0.2) is 22.1 Å². The second-order valence-corrected chi connectivity index (χ2v) is 8.47. The summed E-state index contributed by atoms with van der Waals surface area (Å²) in [4.78, 5) is 14.1. The fraction of sp³-hybridized carbons (Fsp3) is 0.481. The van der Waals surface area contributed by atoms with Gasteiger partial charge in [0, 0.05) is 6.08 Å². The van der Waals surface area contributed by atoms with Gasteiger partial charge in [0.25, 0.3) is 0 Å². The van der Waals surface area contributed by atoms with Crippen LogP contribution in [0.5, 0.6) is 0 Å². The van der Waals surface area contributed by atoms with Crippen LogP contribution >= 0.6 is 0 Å². The second-order valence-electron chi connectivity index (χ2n) is 8.47. The minimum Gasteiger partial charge on any atom is -0.478 e. The highest BCUT2D eigenvalue weighted by molar-refractivity contribution is 5.80. The van der Waals surface area contributed by atoms with Gasteiger partial charge in [0.1, 0.15) is 0 Å². The zero-order valence-electron chi connectivity index (χ0n) is 19.2. The van der Waals surface area contributed by atoms with Crippen molar-refractivity contribution in [1.82, 2.24) is 4.98 Å². The van der Waals surface area contributed by atoms with Crippen molar-refractivity contribution < 1.29 is 9.90 Å². The number of carboxylic acids is 1. The highest BCUT2D eigenvalue weighted by Gasteiger charge is 2.13. The van der Waals surface area contributed by atoms with Crippen molar-refractivity contribution in [3.8, 4) is 6.07 Å². The lowest BCUT2D eigenvalue weighted by Crippen LogP contribution is -2.11. The molecule has 1 aromatic heterocycles. The van der Waals surface area contributed by atoms with Gasteiger partial charge in [-0.3, -0.25) is 0 Å². The lowest BCUT2D eigenvalue weighted by molar-refractivity contribution is -0.131. The van der Waals surface area contributed by atoms with Crippen LogP contribution in [0, 0.1) is 17.2 Å². The third-order valence-electron chi connectivity index (χ3n) is 5.76. The average Bonchev–Trinajstić information content (AvgIpc) is 3.30. The number of rotatable bonds is 16. The number of H-pyrrole nitrogens is 1. The molecule has 0 unspecified atom stereocenters. The minimum absolute atomic E-state index is 0.178. The van der Waals surface area contributed by atoms with Crippen LogP contribution in [0.1, 0.15) is 75.8 Å². The van der Waals surface area contributed by atoms with Crippen LogP contribution in [0.15, 0.2) is 54.7 Å². The molecule has 0 aliphatic carbocycles. The zero-order chi connectivity index (χ0) is 23.0. The molecule has 32 heavy (non-hydrogen) atoms. The third-order valence-corrected chi connectivity index (χ3v) is 5.76. The van der Waals surface area contributed by atoms with Crippen LogP contribution in [-0.2, 0) is 11.2 Å². The summed E-state index contributed by atoms with van der Waals surface area (Å²) in [7, 11) is 0. The number of nitriles is 1. The maximum Gasteiger partial charge on any atom is 0.327 e. The summed E-state index contributed by atoms with van der Waals surface area (Å²) < 4.78 is 0. The number of hydrogen-bond acceptors (Lipinski definition) is 2. The molecule has 2 rings (SSSR count). The predicted octanol–water partition coefficient (Wildman–Crippen LogP) is 7.29. The van der Waals surface area contributed by atoms with Crippen molar-refractivity contribution in [3.63, 3.8) is 0 Å². The average molecular weight is 435 g/mol. The number of nitrogens with zero attached hydrogens (tertiary/aromatic N) is 2. The molecule has 0 amide bonds. The molecule has 2 aromatic rings. The van der Waals surface area contributed by atoms with Gasteiger partial charge in [-0.1, -0.05) is 94.2 Å². The largest absolute Gasteiger partial charge is 0.478 e. The first-order valence-electron chi connectivity index (χ1n) is 11.8. The Bertz CT molecular complexity index is 852. The Balaban J connectivity index is 1.99. The molecule has 172 valence electrons. The number of unbranched alkanes of at least 4 members (excludes halogenated alkanes) is 5. The van der Waals surface area contributed by atoms with Gasteiger partial charge in [-0.05, 0) is 48.9 Å². The van der Waals surface area contributed by atoms with Gasteiger partial charge >= 0.3 is 5.97 Å². The molecule has 0 bridgehead atoms. The Hall–Kier alpha value is -3.00. The highest BCUT2D eigenvalue weighted by atomic mass is 16.4. The Labute approximate surface area is 192 Å². The summed E-state index contributed by atoms with van der Waals surface area (Å²) in [5.74, 6) is 0.294. The lowest BCUT2D eigenvalue weighted by Gasteiger charge is -2.25. The summed E-state index contributed by atoms with van der Waals surface area (Å²) >= 11 is 0. The minimum atomic E-state index is -0.950. The standard InChI is InChI=1S/C27H36N3O2/c1-2-3-4-5-6-7-10-22(19-23-11-8-12-24(20-23)21-28)14-15-25(16-17-27(31)32)30-26-13-9-18-29-26/h8-9,11-13,16-18,20,22,25,29H,2-7,10,14-15,19H2,1H3,(H,31,32)/q-1/b17-16+/t22-,25-/m1/s1. The molecule has 0 aliphatic rings. The highest BCUT2D eigenvalue weighted by Crippen LogP contribution is 2.27. The molecule has 2 atom stereocenters. The van der Waals surface area contributed by atoms with Gasteiger partial charge < -0.3 is 15.4 Å². The van der Waals surface area contributed by atoms with E-state index in [1.165, 1.54) is 50.2 Å². The second kappa shape index (κ2) is 14.9. The van der Waals surface area contributed by atoms with Crippen molar-refractivity contribution in [3.05, 3.63) is 71.2 Å². The first-order valence-corrected chi connectivity index (χ1v) is 11.8. The normalized spacial score (nSPS) is 13.0. The fourth-order valence-corrected chi connectivity index (χ4v) is 4.05. The molecule has 0 fully saturated rings. The van der Waals surface area contributed by atoms with E-state index in [0.29, 0.717) is 11.5 Å². The molecule has 0 spiro atoms. The Morgan fingerprint density at radius 1 is 1.12 bits per heavy atom. The number of carbonyl (C=O) groups is 1. The van der Waals surface area contributed by atoms with Gasteiger partial charge in [-0.25, -0.2) is 4.79 Å². The summed E-state index contributed by atoms with van der Waals surface area (Å²) in [6.07, 6.45) is 16.1. The first-order chi connectivity index (χ1) is 15.6. The van der Waals surface area contributed by atoms with Gasteiger partial charge in [-0.15, -0.1) is 0 Å². The van der Waals surface area contributed by atoms with E-state index < -0.39 is 5.97 Å². The van der Waals surface area contributed by atoms with E-state index >= 15 is 0 Å². The number of benzene rings is 1. The van der Waals surface area contributed by atoms with Crippen molar-refractivity contribution in [1.29, 1.82) is 5.26 Å². The number of aromatic amines is 1. The third kappa shape index (κ3) is 10.3. The summed E-state index contributed by atoms with van der Waals surface area (Å²) in [6, 6.07) is 13.7. The quantitative estimate of drug-likeness (QED) is 0.215. The number of nitrogens with one attached hydrogen (secondary N) is 1. The molecule has 5 nitrogen and oxygen atoms in total. The van der Waals surface area contributed by atoms with Crippen LogP contribution in [0.2, 0.25) is 0 Å². The number of carboxylic acid groups (broad SMARTS) is 1. The van der Waals surface area contributed by atoms with E-state index in [9.17, 15) is 10.1 Å². The van der Waals surface area contributed by atoms with Gasteiger partial charge in [0.2, 0.25) is 0 Å². The van der Waals surface area contributed by atoms with E-state index in [0.717, 1.165) is 31.5 Å². The number of aromatic nitrogens is 1. The number of hydrogen-bond donors (Lipinski definition) is 2. The van der Waals surface area contributed by atoms with Gasteiger partial charge in [0.05, 0.1) is 11.6 Å². The molecule has 0 saturated carbocycles. The Kier molecular flexibility index (Phi) is 11.8. The molecule has 0 radical (unpaired) electrons. The molecule has 0 saturated heterocycles. The SMILES string of the molecule is CCCCCCCC[C@H](CC[C@H](/C=C/C(=O)O)[N-]c1ccc[nH]1)Cc1cccc(C#N)c1. The van der Waals surface area contributed by atoms with Gasteiger partial charge in [0.15, 0.2) is 0 Å². The fourth-order valence-electron chi connectivity index (χ4n) is 4.05. The van der Waals surface area contributed by atoms with E-state index in [1.807, 2.05) is 36.5 Å². The topological polar surface area (TPSA) is 91.0 Å². The molecular formula is C27H36N3O2-. The maximum atomic E-state index is 11.0. The summed E-state index contributed by atoms with van der Waals surface area (Å²) in [6.45, 7) is 2.23. The van der Waals surface area contributed by atoms with Crippen molar-refractivity contribution in [2.75, 3.05) is 0 Å². The van der Waals surface area contributed by atoms with E-state index in [-0.39, 0.29) is 6.04 Å². The Morgan fingerprint density at radius 3 is 2.66 bits per heavy atom. The smallest absolute Gasteiger partial charge is 0.327 e. The number of aliphatic carboxylic acids is 1. The van der Waals surface area contributed by atoms with E-state index in [1.54, 1.807) is 6.08 Å². The molecule has 0 aliphatic heterocycles. The Morgan fingerprint density at radius 2 is 1.94 bits per heavy atom. The first kappa shape index (κ1) is 25.3. The predicted molar refractivity (Wildman–Crippen MR) is 130 cm³/mol. The maximum absolute atomic E-state index is 11.0. The zero-order valence-corrected chi connectivity index (χ0v) is 19.2. The molecular weight excluding hydrogens is 398 g/mol. The molecule has 5 heteroatoms. The van der Waals surface area contributed by atoms with Crippen molar-refractivity contribution in [2.45, 2.75) is 77.2 Å². The van der Waals surface area contributed by atoms with Crippen LogP contribution in [0.4, 0.5) is 5.82 Å². The van der Waals surface area contributed by atoms with Crippen LogP contribution < -0.4 is 0 Å². The monoisotopic (exact) mass is 434 g/mol. The van der Waals surface area contributed by atoms with E-state index in [2.05, 4.69) is 29.4 Å². The van der Waals surface area contributed by atoms with Crippen molar-refractivity contribution in [2.24, 2.45) is 5.92 Å². The lowest BCUT2D eigenvalue weighted by atomic mass is 9.88. The summed E-state index contributed by atoms with van der Waals surface area (Å²) in [5, 5.41) is 23.0. The van der Waals surface area contributed by atoms with Crippen molar-refractivity contribution >= 4 is 11.8 Å².